The highest BCUT2D eigenvalue weighted by atomic mass is 35.5. The summed E-state index contributed by atoms with van der Waals surface area (Å²) in [6.07, 6.45) is 0.778. The summed E-state index contributed by atoms with van der Waals surface area (Å²) in [6, 6.07) is 1.73. The smallest absolute Gasteiger partial charge is 0.255 e. The lowest BCUT2D eigenvalue weighted by atomic mass is 10.2. The molecule has 0 N–H and O–H groups in total. The van der Waals surface area contributed by atoms with E-state index in [1.54, 1.807) is 25.5 Å². The fourth-order valence-electron chi connectivity index (χ4n) is 1.18. The molecule has 2 nitrogen and oxygen atoms in total. The van der Waals surface area contributed by atoms with Crippen LogP contribution in [0.2, 0.25) is 0 Å². The van der Waals surface area contributed by atoms with Crippen LogP contribution >= 0.6 is 11.6 Å². The van der Waals surface area contributed by atoms with Gasteiger partial charge in [0.25, 0.3) is 6.43 Å². The van der Waals surface area contributed by atoms with E-state index in [9.17, 15) is 8.78 Å². The molecule has 0 atom stereocenters. The summed E-state index contributed by atoms with van der Waals surface area (Å²) in [6.45, 7) is -0.310. The predicted octanol–water partition coefficient (Wildman–Crippen LogP) is 2.52. The Kier molecular flexibility index (Phi) is 4.07. The molecule has 0 bridgehead atoms. The molecule has 0 saturated heterocycles. The summed E-state index contributed by atoms with van der Waals surface area (Å²) in [4.78, 5) is 5.33. The van der Waals surface area contributed by atoms with Crippen molar-refractivity contribution in [2.75, 3.05) is 18.5 Å². The molecule has 0 saturated carbocycles. The maximum Gasteiger partial charge on any atom is 0.255 e. The van der Waals surface area contributed by atoms with Crippen molar-refractivity contribution in [3.05, 3.63) is 24.0 Å². The molecule has 0 radical (unpaired) electrons. The van der Waals surface area contributed by atoms with Gasteiger partial charge in [-0.25, -0.2) is 8.78 Å². The Bertz CT molecular complexity index is 294. The second kappa shape index (κ2) is 5.10. The van der Waals surface area contributed by atoms with Crippen molar-refractivity contribution >= 4 is 17.3 Å². The van der Waals surface area contributed by atoms with Gasteiger partial charge < -0.3 is 4.90 Å². The normalized spacial score (nSPS) is 10.6. The molecule has 0 aliphatic heterocycles. The predicted molar refractivity (Wildman–Crippen MR) is 53.1 cm³/mol. The highest BCUT2D eigenvalue weighted by molar-refractivity contribution is 6.17. The van der Waals surface area contributed by atoms with Crippen LogP contribution in [0.5, 0.6) is 0 Å². The zero-order valence-corrected chi connectivity index (χ0v) is 8.51. The van der Waals surface area contributed by atoms with Crippen LogP contribution in [-0.2, 0) is 5.88 Å². The van der Waals surface area contributed by atoms with Crippen molar-refractivity contribution in [3.63, 3.8) is 0 Å². The lowest BCUT2D eigenvalue weighted by Crippen LogP contribution is -2.25. The van der Waals surface area contributed by atoms with Crippen LogP contribution in [0.25, 0.3) is 0 Å². The number of rotatable bonds is 4. The Labute approximate surface area is 86.5 Å². The van der Waals surface area contributed by atoms with Crippen molar-refractivity contribution in [1.82, 2.24) is 4.98 Å². The quantitative estimate of drug-likeness (QED) is 0.725. The molecule has 0 fully saturated rings. The van der Waals surface area contributed by atoms with E-state index >= 15 is 0 Å². The van der Waals surface area contributed by atoms with Gasteiger partial charge in [-0.2, -0.15) is 0 Å². The van der Waals surface area contributed by atoms with E-state index in [1.165, 1.54) is 4.90 Å². The van der Waals surface area contributed by atoms with Crippen LogP contribution in [0.15, 0.2) is 18.5 Å². The Balaban J connectivity index is 2.82. The summed E-state index contributed by atoms with van der Waals surface area (Å²) in [7, 11) is 1.60. The van der Waals surface area contributed by atoms with E-state index in [2.05, 4.69) is 4.98 Å². The Morgan fingerprint density at radius 1 is 1.57 bits per heavy atom. The van der Waals surface area contributed by atoms with Crippen molar-refractivity contribution in [3.8, 4) is 0 Å². The summed E-state index contributed by atoms with van der Waals surface area (Å²) in [5, 5.41) is 0. The molecular formula is C9H11ClF2N2. The fraction of sp³-hybridized carbons (Fsp3) is 0.444. The number of aromatic nitrogens is 1. The zero-order valence-electron chi connectivity index (χ0n) is 7.75. The molecule has 0 unspecified atom stereocenters. The van der Waals surface area contributed by atoms with E-state index in [-0.39, 0.29) is 6.54 Å². The fourth-order valence-corrected chi connectivity index (χ4v) is 1.40. The molecule has 0 aliphatic carbocycles. The third kappa shape index (κ3) is 2.80. The molecule has 0 aliphatic rings. The molecule has 14 heavy (non-hydrogen) atoms. The molecular weight excluding hydrogens is 210 g/mol. The van der Waals surface area contributed by atoms with E-state index < -0.39 is 6.43 Å². The van der Waals surface area contributed by atoms with Gasteiger partial charge in [0.15, 0.2) is 0 Å². The lowest BCUT2D eigenvalue weighted by molar-refractivity contribution is 0.156. The van der Waals surface area contributed by atoms with Crippen LogP contribution in [0, 0.1) is 0 Å². The number of pyridine rings is 1. The van der Waals surface area contributed by atoms with Gasteiger partial charge in [0.2, 0.25) is 0 Å². The van der Waals surface area contributed by atoms with Crippen LogP contribution in [0.1, 0.15) is 5.56 Å². The molecule has 1 aromatic heterocycles. The number of alkyl halides is 3. The van der Waals surface area contributed by atoms with Gasteiger partial charge in [-0.15, -0.1) is 11.6 Å². The lowest BCUT2D eigenvalue weighted by Gasteiger charge is -2.20. The number of halogens is 3. The van der Waals surface area contributed by atoms with Gasteiger partial charge in [-0.3, -0.25) is 4.98 Å². The van der Waals surface area contributed by atoms with Gasteiger partial charge in [0.05, 0.1) is 18.4 Å². The Hall–Kier alpha value is -0.900. The molecule has 5 heteroatoms. The first-order valence-corrected chi connectivity index (χ1v) is 4.66. The van der Waals surface area contributed by atoms with Crippen LogP contribution in [0.4, 0.5) is 14.5 Å². The van der Waals surface area contributed by atoms with Gasteiger partial charge in [-0.1, -0.05) is 0 Å². The van der Waals surface area contributed by atoms with Crippen molar-refractivity contribution in [2.45, 2.75) is 12.3 Å². The number of hydrogen-bond acceptors (Lipinski definition) is 2. The topological polar surface area (TPSA) is 16.1 Å². The number of nitrogens with zero attached hydrogens (tertiary/aromatic N) is 2. The molecule has 0 spiro atoms. The third-order valence-electron chi connectivity index (χ3n) is 1.85. The minimum absolute atomic E-state index is 0.297. The van der Waals surface area contributed by atoms with E-state index in [0.29, 0.717) is 11.6 Å². The summed E-state index contributed by atoms with van der Waals surface area (Å²) >= 11 is 5.67. The van der Waals surface area contributed by atoms with Crippen LogP contribution < -0.4 is 4.90 Å². The van der Waals surface area contributed by atoms with Crippen LogP contribution in [0.3, 0.4) is 0 Å². The highest BCUT2D eigenvalue weighted by Crippen LogP contribution is 2.20. The first-order valence-electron chi connectivity index (χ1n) is 4.13. The third-order valence-corrected chi connectivity index (χ3v) is 2.14. The average Bonchev–Trinajstić information content (AvgIpc) is 2.16. The first kappa shape index (κ1) is 11.2. The molecule has 1 aromatic rings. The monoisotopic (exact) mass is 220 g/mol. The average molecular weight is 221 g/mol. The summed E-state index contributed by atoms with van der Waals surface area (Å²) in [5.41, 5.74) is 1.47. The van der Waals surface area contributed by atoms with Gasteiger partial charge in [0.1, 0.15) is 0 Å². The summed E-state index contributed by atoms with van der Waals surface area (Å²) < 4.78 is 24.2. The molecule has 1 heterocycles. The second-order valence-corrected chi connectivity index (χ2v) is 3.18. The van der Waals surface area contributed by atoms with Crippen LogP contribution in [-0.4, -0.2) is 25.0 Å². The van der Waals surface area contributed by atoms with Gasteiger partial charge in [-0.05, 0) is 11.6 Å². The SMILES string of the molecule is CN(CC(F)F)c1cnccc1CCl. The molecule has 0 amide bonds. The highest BCUT2D eigenvalue weighted by Gasteiger charge is 2.11. The maximum absolute atomic E-state index is 12.1. The van der Waals surface area contributed by atoms with E-state index in [1.807, 2.05) is 0 Å². The largest absolute Gasteiger partial charge is 0.367 e. The van der Waals surface area contributed by atoms with E-state index in [4.69, 9.17) is 11.6 Å². The Morgan fingerprint density at radius 3 is 2.86 bits per heavy atom. The maximum atomic E-state index is 12.1. The van der Waals surface area contributed by atoms with Crippen molar-refractivity contribution in [2.24, 2.45) is 0 Å². The zero-order chi connectivity index (χ0) is 10.6. The minimum atomic E-state index is -2.36. The molecule has 78 valence electrons. The summed E-state index contributed by atoms with van der Waals surface area (Å²) in [5.74, 6) is 0.297. The second-order valence-electron chi connectivity index (χ2n) is 2.91. The molecule has 0 aromatic carbocycles. The first-order chi connectivity index (χ1) is 6.65. The Morgan fingerprint density at radius 2 is 2.29 bits per heavy atom. The minimum Gasteiger partial charge on any atom is -0.367 e. The van der Waals surface area contributed by atoms with Crippen molar-refractivity contribution < 1.29 is 8.78 Å². The number of hydrogen-bond donors (Lipinski definition) is 0. The van der Waals surface area contributed by atoms with E-state index in [0.717, 1.165) is 5.56 Å². The van der Waals surface area contributed by atoms with Crippen molar-refractivity contribution in [1.29, 1.82) is 0 Å². The standard InChI is InChI=1S/C9H11ClF2N2/c1-14(6-9(11)12)8-5-13-3-2-7(8)4-10/h2-3,5,9H,4,6H2,1H3. The molecule has 1 rings (SSSR count). The van der Waals surface area contributed by atoms with Gasteiger partial charge >= 0.3 is 0 Å². The number of anilines is 1. The van der Waals surface area contributed by atoms with Gasteiger partial charge in [0, 0.05) is 19.1 Å².